The van der Waals surface area contributed by atoms with Crippen molar-refractivity contribution in [3.63, 3.8) is 0 Å². The zero-order valence-electron chi connectivity index (χ0n) is 15.9. The molecule has 0 unspecified atom stereocenters. The lowest BCUT2D eigenvalue weighted by atomic mass is 10.1. The molecule has 0 saturated heterocycles. The molecule has 0 atom stereocenters. The lowest BCUT2D eigenvalue weighted by Gasteiger charge is -2.12. The van der Waals surface area contributed by atoms with Crippen LogP contribution in [-0.2, 0) is 6.61 Å². The number of hydrogen-bond acceptors (Lipinski definition) is 4. The van der Waals surface area contributed by atoms with Crippen LogP contribution in [0.25, 0.3) is 5.69 Å². The van der Waals surface area contributed by atoms with Crippen LogP contribution in [0, 0.1) is 6.92 Å². The van der Waals surface area contributed by atoms with Crippen LogP contribution in [0.2, 0.25) is 0 Å². The van der Waals surface area contributed by atoms with Gasteiger partial charge in [0.1, 0.15) is 12.4 Å². The Kier molecular flexibility index (Phi) is 5.33. The molecule has 29 heavy (non-hydrogen) atoms. The second kappa shape index (κ2) is 8.39. The van der Waals surface area contributed by atoms with Gasteiger partial charge in [-0.25, -0.2) is 4.68 Å². The molecule has 0 aliphatic carbocycles. The fraction of sp³-hybridized carbons (Fsp3) is 0.0870. The number of anilines is 1. The van der Waals surface area contributed by atoms with Crippen molar-refractivity contribution in [3.05, 3.63) is 102 Å². The van der Waals surface area contributed by atoms with E-state index in [9.17, 15) is 4.79 Å². The Hall–Kier alpha value is -3.93. The minimum absolute atomic E-state index is 0.224. The molecule has 0 saturated carbocycles. The molecule has 0 fully saturated rings. The van der Waals surface area contributed by atoms with E-state index in [4.69, 9.17) is 4.74 Å². The van der Waals surface area contributed by atoms with Gasteiger partial charge in [0.15, 0.2) is 0 Å². The van der Waals surface area contributed by atoms with Crippen LogP contribution in [0.4, 0.5) is 5.69 Å². The number of aryl methyl sites for hydroxylation is 1. The van der Waals surface area contributed by atoms with Crippen molar-refractivity contribution in [2.45, 2.75) is 13.5 Å². The van der Waals surface area contributed by atoms with E-state index in [1.807, 2.05) is 61.5 Å². The number of benzene rings is 3. The van der Waals surface area contributed by atoms with E-state index in [-0.39, 0.29) is 5.91 Å². The molecule has 0 aliphatic rings. The Morgan fingerprint density at radius 3 is 2.72 bits per heavy atom. The number of hydrogen-bond donors (Lipinski definition) is 1. The zero-order valence-corrected chi connectivity index (χ0v) is 15.9. The van der Waals surface area contributed by atoms with Gasteiger partial charge in [-0.1, -0.05) is 53.2 Å². The first-order chi connectivity index (χ1) is 14.2. The summed E-state index contributed by atoms with van der Waals surface area (Å²) in [6.07, 6.45) is 3.32. The van der Waals surface area contributed by atoms with E-state index >= 15 is 0 Å². The van der Waals surface area contributed by atoms with E-state index in [0.29, 0.717) is 23.6 Å². The van der Waals surface area contributed by atoms with Crippen LogP contribution in [-0.4, -0.2) is 20.9 Å². The maximum atomic E-state index is 12.8. The Labute approximate surface area is 168 Å². The highest BCUT2D eigenvalue weighted by atomic mass is 16.5. The molecule has 6 nitrogen and oxygen atoms in total. The molecular formula is C23H20N4O2. The standard InChI is InChI=1S/C23H20N4O2/c1-17-6-4-7-18(14-17)16-29-20-9-5-8-19(15-20)23(28)25-21-10-2-3-11-22(21)27-13-12-24-26-27/h2-15H,16H2,1H3,(H,25,28). The van der Waals surface area contributed by atoms with Crippen LogP contribution in [0.5, 0.6) is 5.75 Å². The van der Waals surface area contributed by atoms with Crippen LogP contribution in [0.3, 0.4) is 0 Å². The van der Waals surface area contributed by atoms with Crippen molar-refractivity contribution in [1.29, 1.82) is 0 Å². The quantitative estimate of drug-likeness (QED) is 0.535. The van der Waals surface area contributed by atoms with Crippen molar-refractivity contribution in [2.24, 2.45) is 0 Å². The Morgan fingerprint density at radius 1 is 1.03 bits per heavy atom. The maximum absolute atomic E-state index is 12.8. The Bertz CT molecular complexity index is 1120. The predicted molar refractivity (Wildman–Crippen MR) is 111 cm³/mol. The Balaban J connectivity index is 1.48. The molecule has 3 aromatic carbocycles. The summed E-state index contributed by atoms with van der Waals surface area (Å²) in [5.74, 6) is 0.419. The van der Waals surface area contributed by atoms with Gasteiger partial charge in [0.05, 0.1) is 23.8 Å². The van der Waals surface area contributed by atoms with E-state index in [0.717, 1.165) is 11.3 Å². The zero-order chi connectivity index (χ0) is 20.1. The molecule has 4 aromatic rings. The molecule has 0 aliphatic heterocycles. The molecule has 1 aromatic heterocycles. The summed E-state index contributed by atoms with van der Waals surface area (Å²) in [7, 11) is 0. The van der Waals surface area contributed by atoms with Crippen molar-refractivity contribution < 1.29 is 9.53 Å². The van der Waals surface area contributed by atoms with E-state index in [2.05, 4.69) is 21.7 Å². The van der Waals surface area contributed by atoms with E-state index in [1.54, 1.807) is 29.2 Å². The van der Waals surface area contributed by atoms with Gasteiger partial charge in [-0.2, -0.15) is 0 Å². The molecule has 0 spiro atoms. The van der Waals surface area contributed by atoms with Gasteiger partial charge in [0.25, 0.3) is 5.91 Å². The lowest BCUT2D eigenvalue weighted by molar-refractivity contribution is 0.102. The molecule has 1 heterocycles. The summed E-state index contributed by atoms with van der Waals surface area (Å²) in [6.45, 7) is 2.49. The molecule has 4 rings (SSSR count). The van der Waals surface area contributed by atoms with Crippen LogP contribution in [0.1, 0.15) is 21.5 Å². The number of carbonyl (C=O) groups is 1. The third-order valence-corrected chi connectivity index (χ3v) is 4.41. The van der Waals surface area contributed by atoms with E-state index < -0.39 is 0 Å². The average Bonchev–Trinajstić information content (AvgIpc) is 3.28. The monoisotopic (exact) mass is 384 g/mol. The number of nitrogens with zero attached hydrogens (tertiary/aromatic N) is 3. The second-order valence-corrected chi connectivity index (χ2v) is 6.62. The third kappa shape index (κ3) is 4.50. The highest BCUT2D eigenvalue weighted by Gasteiger charge is 2.11. The SMILES string of the molecule is Cc1cccc(COc2cccc(C(=O)Nc3ccccc3-n3ccnn3)c2)c1. The van der Waals surface area contributed by atoms with Crippen molar-refractivity contribution in [1.82, 2.24) is 15.0 Å². The first-order valence-corrected chi connectivity index (χ1v) is 9.24. The molecule has 1 amide bonds. The van der Waals surface area contributed by atoms with Crippen LogP contribution >= 0.6 is 0 Å². The number of carbonyl (C=O) groups excluding carboxylic acids is 1. The van der Waals surface area contributed by atoms with Crippen molar-refractivity contribution >= 4 is 11.6 Å². The summed E-state index contributed by atoms with van der Waals surface area (Å²) in [5.41, 5.74) is 4.17. The average molecular weight is 384 g/mol. The number of rotatable bonds is 6. The maximum Gasteiger partial charge on any atom is 0.255 e. The number of nitrogens with one attached hydrogen (secondary N) is 1. The third-order valence-electron chi connectivity index (χ3n) is 4.41. The summed E-state index contributed by atoms with van der Waals surface area (Å²) in [4.78, 5) is 12.8. The summed E-state index contributed by atoms with van der Waals surface area (Å²) in [5, 5.41) is 10.8. The van der Waals surface area contributed by atoms with Gasteiger partial charge in [-0.3, -0.25) is 4.79 Å². The lowest BCUT2D eigenvalue weighted by Crippen LogP contribution is -2.14. The fourth-order valence-electron chi connectivity index (χ4n) is 3.01. The molecule has 1 N–H and O–H groups in total. The number of aromatic nitrogens is 3. The van der Waals surface area contributed by atoms with Gasteiger partial charge in [0.2, 0.25) is 0 Å². The number of ether oxygens (including phenoxy) is 1. The first kappa shape index (κ1) is 18.4. The minimum atomic E-state index is -0.224. The summed E-state index contributed by atoms with van der Waals surface area (Å²) < 4.78 is 7.48. The normalized spacial score (nSPS) is 10.5. The molecular weight excluding hydrogens is 364 g/mol. The highest BCUT2D eigenvalue weighted by Crippen LogP contribution is 2.21. The first-order valence-electron chi connectivity index (χ1n) is 9.24. The number of para-hydroxylation sites is 2. The minimum Gasteiger partial charge on any atom is -0.489 e. The van der Waals surface area contributed by atoms with Gasteiger partial charge < -0.3 is 10.1 Å². The van der Waals surface area contributed by atoms with E-state index in [1.165, 1.54) is 5.56 Å². The smallest absolute Gasteiger partial charge is 0.255 e. The topological polar surface area (TPSA) is 69.0 Å². The van der Waals surface area contributed by atoms with Crippen molar-refractivity contribution in [2.75, 3.05) is 5.32 Å². The van der Waals surface area contributed by atoms with Gasteiger partial charge >= 0.3 is 0 Å². The van der Waals surface area contributed by atoms with Crippen LogP contribution < -0.4 is 10.1 Å². The predicted octanol–water partition coefficient (Wildman–Crippen LogP) is 4.41. The summed E-state index contributed by atoms with van der Waals surface area (Å²) >= 11 is 0. The fourth-order valence-corrected chi connectivity index (χ4v) is 3.01. The summed E-state index contributed by atoms with van der Waals surface area (Å²) in [6, 6.07) is 22.7. The van der Waals surface area contributed by atoms with Gasteiger partial charge in [-0.15, -0.1) is 5.10 Å². The largest absolute Gasteiger partial charge is 0.489 e. The molecule has 0 bridgehead atoms. The van der Waals surface area contributed by atoms with Crippen molar-refractivity contribution in [3.8, 4) is 11.4 Å². The Morgan fingerprint density at radius 2 is 1.90 bits per heavy atom. The highest BCUT2D eigenvalue weighted by molar-refractivity contribution is 6.05. The molecule has 144 valence electrons. The number of amides is 1. The molecule has 0 radical (unpaired) electrons. The molecule has 6 heteroatoms. The van der Waals surface area contributed by atoms with Crippen LogP contribution in [0.15, 0.2) is 85.2 Å². The van der Waals surface area contributed by atoms with Gasteiger partial charge in [0, 0.05) is 5.56 Å². The second-order valence-electron chi connectivity index (χ2n) is 6.62. The van der Waals surface area contributed by atoms with Gasteiger partial charge in [-0.05, 0) is 42.8 Å².